The molecule has 0 spiro atoms. The third kappa shape index (κ3) is 2.84. The molecule has 2 nitrogen and oxygen atoms in total. The van der Waals surface area contributed by atoms with E-state index in [1.165, 1.54) is 22.6 Å². The van der Waals surface area contributed by atoms with Crippen molar-refractivity contribution in [2.45, 2.75) is 44.8 Å². The molecule has 0 bridgehead atoms. The minimum atomic E-state index is 0.414. The van der Waals surface area contributed by atoms with E-state index in [9.17, 15) is 0 Å². The van der Waals surface area contributed by atoms with Crippen molar-refractivity contribution in [2.24, 2.45) is 0 Å². The Bertz CT molecular complexity index is 317. The molecule has 1 aliphatic rings. The average Bonchev–Trinajstić information content (AvgIpc) is 2.96. The van der Waals surface area contributed by atoms with Crippen LogP contribution in [0.5, 0.6) is 0 Å². The Balaban J connectivity index is 1.94. The summed E-state index contributed by atoms with van der Waals surface area (Å²) in [6.45, 7) is 3.15. The molecule has 16 heavy (non-hydrogen) atoms. The van der Waals surface area contributed by atoms with Gasteiger partial charge in [0, 0.05) is 22.4 Å². The van der Waals surface area contributed by atoms with E-state index in [0.29, 0.717) is 12.1 Å². The summed E-state index contributed by atoms with van der Waals surface area (Å²) in [7, 11) is 2.04. The number of hydrogen-bond acceptors (Lipinski definition) is 3. The first-order valence-corrected chi connectivity index (χ1v) is 7.01. The topological polar surface area (TPSA) is 21.3 Å². The summed E-state index contributed by atoms with van der Waals surface area (Å²) in [5.41, 5.74) is 0. The molecule has 0 saturated carbocycles. The lowest BCUT2D eigenvalue weighted by atomic mass is 10.0. The van der Waals surface area contributed by atoms with Gasteiger partial charge in [-0.2, -0.15) is 0 Å². The first-order valence-electron chi connectivity index (χ1n) is 6.20. The maximum atomic E-state index is 5.75. The Morgan fingerprint density at radius 2 is 2.31 bits per heavy atom. The van der Waals surface area contributed by atoms with Crippen molar-refractivity contribution in [1.82, 2.24) is 5.32 Å². The molecule has 90 valence electrons. The van der Waals surface area contributed by atoms with Gasteiger partial charge in [-0.1, -0.05) is 6.92 Å². The Morgan fingerprint density at radius 3 is 2.88 bits per heavy atom. The fraction of sp³-hybridized carbons (Fsp3) is 0.692. The summed E-state index contributed by atoms with van der Waals surface area (Å²) in [6.07, 6.45) is 5.09. The zero-order valence-corrected chi connectivity index (χ0v) is 11.0. The standard InChI is InChI=1S/C13H21NOS/c1-3-10-6-7-11(16-10)9-12(14-2)13-5-4-8-15-13/h6-7,12-14H,3-5,8-9H2,1-2H3. The highest BCUT2D eigenvalue weighted by Gasteiger charge is 2.25. The molecule has 1 aliphatic heterocycles. The first-order chi connectivity index (χ1) is 7.83. The lowest BCUT2D eigenvalue weighted by Crippen LogP contribution is -2.38. The summed E-state index contributed by atoms with van der Waals surface area (Å²) >= 11 is 1.94. The summed E-state index contributed by atoms with van der Waals surface area (Å²) in [5, 5.41) is 3.40. The van der Waals surface area contributed by atoms with Crippen LogP contribution in [0.3, 0.4) is 0 Å². The number of ether oxygens (including phenoxy) is 1. The van der Waals surface area contributed by atoms with Gasteiger partial charge >= 0.3 is 0 Å². The molecular weight excluding hydrogens is 218 g/mol. The number of thiophene rings is 1. The first kappa shape index (κ1) is 12.1. The van der Waals surface area contributed by atoms with Crippen molar-refractivity contribution in [1.29, 1.82) is 0 Å². The van der Waals surface area contributed by atoms with Crippen LogP contribution in [-0.2, 0) is 17.6 Å². The second-order valence-corrected chi connectivity index (χ2v) is 5.63. The molecule has 0 radical (unpaired) electrons. The van der Waals surface area contributed by atoms with E-state index in [1.54, 1.807) is 0 Å². The highest BCUT2D eigenvalue weighted by atomic mass is 32.1. The molecule has 1 aromatic rings. The lowest BCUT2D eigenvalue weighted by molar-refractivity contribution is 0.0811. The minimum absolute atomic E-state index is 0.414. The maximum absolute atomic E-state index is 5.75. The van der Waals surface area contributed by atoms with Gasteiger partial charge in [-0.25, -0.2) is 0 Å². The predicted molar refractivity (Wildman–Crippen MR) is 69.2 cm³/mol. The largest absolute Gasteiger partial charge is 0.377 e. The van der Waals surface area contributed by atoms with Gasteiger partial charge in [-0.15, -0.1) is 11.3 Å². The normalized spacial score (nSPS) is 22.5. The van der Waals surface area contributed by atoms with E-state index in [-0.39, 0.29) is 0 Å². The van der Waals surface area contributed by atoms with Crippen molar-refractivity contribution in [2.75, 3.05) is 13.7 Å². The second kappa shape index (κ2) is 5.80. The third-order valence-corrected chi connectivity index (χ3v) is 4.52. The Morgan fingerprint density at radius 1 is 1.50 bits per heavy atom. The van der Waals surface area contributed by atoms with Gasteiger partial charge < -0.3 is 10.1 Å². The van der Waals surface area contributed by atoms with Crippen molar-refractivity contribution in [3.63, 3.8) is 0 Å². The molecule has 2 rings (SSSR count). The smallest absolute Gasteiger partial charge is 0.0732 e. The predicted octanol–water partition coefficient (Wildman–Crippen LogP) is 2.62. The number of aryl methyl sites for hydroxylation is 1. The van der Waals surface area contributed by atoms with Crippen LogP contribution in [0, 0.1) is 0 Å². The molecule has 1 saturated heterocycles. The van der Waals surface area contributed by atoms with Gasteiger partial charge in [-0.3, -0.25) is 0 Å². The maximum Gasteiger partial charge on any atom is 0.0732 e. The van der Waals surface area contributed by atoms with Crippen molar-refractivity contribution in [3.8, 4) is 0 Å². The highest BCUT2D eigenvalue weighted by molar-refractivity contribution is 7.11. The zero-order chi connectivity index (χ0) is 11.4. The summed E-state index contributed by atoms with van der Waals surface area (Å²) in [5.74, 6) is 0. The van der Waals surface area contributed by atoms with Crippen molar-refractivity contribution >= 4 is 11.3 Å². The fourth-order valence-corrected chi connectivity index (χ4v) is 3.29. The van der Waals surface area contributed by atoms with Crippen LogP contribution in [0.1, 0.15) is 29.5 Å². The van der Waals surface area contributed by atoms with E-state index < -0.39 is 0 Å². The number of hydrogen-bond donors (Lipinski definition) is 1. The van der Waals surface area contributed by atoms with E-state index in [1.807, 2.05) is 18.4 Å². The molecule has 2 unspecified atom stereocenters. The molecule has 1 fully saturated rings. The minimum Gasteiger partial charge on any atom is -0.377 e. The van der Waals surface area contributed by atoms with Gasteiger partial charge in [0.1, 0.15) is 0 Å². The van der Waals surface area contributed by atoms with Crippen molar-refractivity contribution in [3.05, 3.63) is 21.9 Å². The van der Waals surface area contributed by atoms with E-state index in [0.717, 1.165) is 19.4 Å². The van der Waals surface area contributed by atoms with Crippen LogP contribution in [0.25, 0.3) is 0 Å². The third-order valence-electron chi connectivity index (χ3n) is 3.27. The summed E-state index contributed by atoms with van der Waals surface area (Å²) in [4.78, 5) is 2.96. The Kier molecular flexibility index (Phi) is 4.38. The summed E-state index contributed by atoms with van der Waals surface area (Å²) in [6, 6.07) is 5.00. The Hall–Kier alpha value is -0.380. The van der Waals surface area contributed by atoms with Crippen LogP contribution >= 0.6 is 11.3 Å². The van der Waals surface area contributed by atoms with Crippen LogP contribution in [-0.4, -0.2) is 25.8 Å². The van der Waals surface area contributed by atoms with E-state index >= 15 is 0 Å². The number of likely N-dealkylation sites (N-methyl/N-ethyl adjacent to an activating group) is 1. The molecule has 0 amide bonds. The van der Waals surface area contributed by atoms with Crippen LogP contribution in [0.4, 0.5) is 0 Å². The molecule has 1 N–H and O–H groups in total. The molecule has 3 heteroatoms. The quantitative estimate of drug-likeness (QED) is 0.853. The van der Waals surface area contributed by atoms with Gasteiger partial charge in [-0.05, 0) is 44.9 Å². The van der Waals surface area contributed by atoms with Crippen LogP contribution < -0.4 is 5.32 Å². The number of nitrogens with one attached hydrogen (secondary N) is 1. The van der Waals surface area contributed by atoms with Crippen LogP contribution in [0.2, 0.25) is 0 Å². The van der Waals surface area contributed by atoms with E-state index in [4.69, 9.17) is 4.74 Å². The average molecular weight is 239 g/mol. The molecule has 0 aromatic carbocycles. The molecule has 2 heterocycles. The molecular formula is C13H21NOS. The fourth-order valence-electron chi connectivity index (χ4n) is 2.28. The second-order valence-electron chi connectivity index (χ2n) is 4.37. The van der Waals surface area contributed by atoms with E-state index in [2.05, 4.69) is 24.4 Å². The SMILES string of the molecule is CCc1ccc(CC(NC)C2CCCO2)s1. The molecule has 0 aliphatic carbocycles. The van der Waals surface area contributed by atoms with Gasteiger partial charge in [0.05, 0.1) is 6.10 Å². The Labute approximate surface area is 102 Å². The molecule has 2 atom stereocenters. The lowest BCUT2D eigenvalue weighted by Gasteiger charge is -2.21. The monoisotopic (exact) mass is 239 g/mol. The zero-order valence-electron chi connectivity index (χ0n) is 10.2. The summed E-state index contributed by atoms with van der Waals surface area (Å²) < 4.78 is 5.75. The van der Waals surface area contributed by atoms with Gasteiger partial charge in [0.15, 0.2) is 0 Å². The highest BCUT2D eigenvalue weighted by Crippen LogP contribution is 2.23. The van der Waals surface area contributed by atoms with Crippen LogP contribution in [0.15, 0.2) is 12.1 Å². The van der Waals surface area contributed by atoms with Crippen molar-refractivity contribution < 1.29 is 4.74 Å². The van der Waals surface area contributed by atoms with Gasteiger partial charge in [0.2, 0.25) is 0 Å². The number of rotatable bonds is 5. The molecule has 1 aromatic heterocycles. The van der Waals surface area contributed by atoms with Gasteiger partial charge in [0.25, 0.3) is 0 Å².